The van der Waals surface area contributed by atoms with Gasteiger partial charge in [0, 0.05) is 4.90 Å². The largest absolute Gasteiger partial charge is 0.324 e. The van der Waals surface area contributed by atoms with Crippen molar-refractivity contribution in [3.8, 4) is 0 Å². The SMILES string of the molecule is O=C(CSc1ccccc1Cl)Nc1ccccc1NS(=O)(=O)c1ccc(F)cc1. The summed E-state index contributed by atoms with van der Waals surface area (Å²) in [6.07, 6.45) is 0. The van der Waals surface area contributed by atoms with E-state index in [4.69, 9.17) is 11.6 Å². The number of nitrogens with one attached hydrogen (secondary N) is 2. The minimum Gasteiger partial charge on any atom is -0.324 e. The van der Waals surface area contributed by atoms with Crippen molar-refractivity contribution in [1.82, 2.24) is 0 Å². The first-order valence-electron chi connectivity index (χ1n) is 8.40. The van der Waals surface area contributed by atoms with E-state index in [1.807, 2.05) is 12.1 Å². The summed E-state index contributed by atoms with van der Waals surface area (Å²) in [6, 6.07) is 18.1. The molecule has 0 spiro atoms. The third-order valence-electron chi connectivity index (χ3n) is 3.76. The van der Waals surface area contributed by atoms with Gasteiger partial charge in [-0.2, -0.15) is 0 Å². The van der Waals surface area contributed by atoms with Gasteiger partial charge < -0.3 is 5.32 Å². The van der Waals surface area contributed by atoms with Crippen LogP contribution in [0.5, 0.6) is 0 Å². The van der Waals surface area contributed by atoms with Crippen LogP contribution in [-0.4, -0.2) is 20.1 Å². The van der Waals surface area contributed by atoms with Crippen molar-refractivity contribution in [2.24, 2.45) is 0 Å². The highest BCUT2D eigenvalue weighted by molar-refractivity contribution is 8.00. The van der Waals surface area contributed by atoms with E-state index in [0.29, 0.717) is 10.7 Å². The molecule has 0 radical (unpaired) electrons. The number of amides is 1. The van der Waals surface area contributed by atoms with Crippen LogP contribution in [0.3, 0.4) is 0 Å². The van der Waals surface area contributed by atoms with E-state index in [1.54, 1.807) is 30.3 Å². The third kappa shape index (κ3) is 5.72. The molecule has 150 valence electrons. The lowest BCUT2D eigenvalue weighted by atomic mass is 10.3. The van der Waals surface area contributed by atoms with Crippen molar-refractivity contribution in [3.63, 3.8) is 0 Å². The van der Waals surface area contributed by atoms with Gasteiger partial charge >= 0.3 is 0 Å². The highest BCUT2D eigenvalue weighted by Gasteiger charge is 2.17. The molecule has 3 rings (SSSR count). The Morgan fingerprint density at radius 2 is 1.55 bits per heavy atom. The summed E-state index contributed by atoms with van der Waals surface area (Å²) < 4.78 is 40.5. The van der Waals surface area contributed by atoms with Crippen LogP contribution in [0, 0.1) is 5.82 Å². The molecular formula is C20H16ClFN2O3S2. The molecule has 2 N–H and O–H groups in total. The topological polar surface area (TPSA) is 75.3 Å². The van der Waals surface area contributed by atoms with Gasteiger partial charge in [0.1, 0.15) is 5.82 Å². The van der Waals surface area contributed by atoms with E-state index in [1.165, 1.54) is 30.0 Å². The number of thioether (sulfide) groups is 1. The van der Waals surface area contributed by atoms with Gasteiger partial charge in [-0.05, 0) is 48.5 Å². The second-order valence-corrected chi connectivity index (χ2v) is 8.98. The summed E-state index contributed by atoms with van der Waals surface area (Å²) in [4.78, 5) is 13.0. The number of anilines is 2. The quantitative estimate of drug-likeness (QED) is 0.496. The fourth-order valence-electron chi connectivity index (χ4n) is 2.39. The average molecular weight is 451 g/mol. The summed E-state index contributed by atoms with van der Waals surface area (Å²) in [7, 11) is -3.94. The zero-order chi connectivity index (χ0) is 20.9. The molecule has 0 saturated heterocycles. The van der Waals surface area contributed by atoms with Gasteiger partial charge in [0.25, 0.3) is 10.0 Å². The Hall–Kier alpha value is -2.55. The molecule has 29 heavy (non-hydrogen) atoms. The van der Waals surface area contributed by atoms with E-state index < -0.39 is 15.8 Å². The van der Waals surface area contributed by atoms with Crippen molar-refractivity contribution in [2.45, 2.75) is 9.79 Å². The van der Waals surface area contributed by atoms with Gasteiger partial charge in [-0.25, -0.2) is 12.8 Å². The number of hydrogen-bond acceptors (Lipinski definition) is 4. The average Bonchev–Trinajstić information content (AvgIpc) is 2.69. The van der Waals surface area contributed by atoms with Gasteiger partial charge in [0.05, 0.1) is 27.0 Å². The van der Waals surface area contributed by atoms with E-state index in [-0.39, 0.29) is 22.2 Å². The number of carbonyl (C=O) groups excluding carboxylic acids is 1. The summed E-state index contributed by atoms with van der Waals surface area (Å²) in [5.74, 6) is -0.751. The van der Waals surface area contributed by atoms with Gasteiger partial charge in [0.15, 0.2) is 0 Å². The molecule has 0 fully saturated rings. The number of benzene rings is 3. The van der Waals surface area contributed by atoms with Crippen LogP contribution >= 0.6 is 23.4 Å². The highest BCUT2D eigenvalue weighted by Crippen LogP contribution is 2.28. The van der Waals surface area contributed by atoms with Gasteiger partial charge in [0.2, 0.25) is 5.91 Å². The molecule has 0 saturated carbocycles. The zero-order valence-electron chi connectivity index (χ0n) is 14.9. The molecule has 0 aromatic heterocycles. The van der Waals surface area contributed by atoms with E-state index in [0.717, 1.165) is 17.0 Å². The van der Waals surface area contributed by atoms with Crippen LogP contribution in [0.4, 0.5) is 15.8 Å². The van der Waals surface area contributed by atoms with Crippen LogP contribution in [0.15, 0.2) is 82.6 Å². The monoisotopic (exact) mass is 450 g/mol. The molecule has 3 aromatic carbocycles. The second-order valence-electron chi connectivity index (χ2n) is 5.87. The summed E-state index contributed by atoms with van der Waals surface area (Å²) in [5, 5.41) is 3.25. The van der Waals surface area contributed by atoms with Crippen LogP contribution < -0.4 is 10.0 Å². The van der Waals surface area contributed by atoms with E-state index >= 15 is 0 Å². The molecule has 0 heterocycles. The van der Waals surface area contributed by atoms with Gasteiger partial charge in [-0.3, -0.25) is 9.52 Å². The Morgan fingerprint density at radius 1 is 0.931 bits per heavy atom. The van der Waals surface area contributed by atoms with E-state index in [2.05, 4.69) is 10.0 Å². The Labute approximate surface area is 177 Å². The number of carbonyl (C=O) groups is 1. The Kier molecular flexibility index (Phi) is 6.79. The molecule has 9 heteroatoms. The number of para-hydroxylation sites is 2. The fraction of sp³-hybridized carbons (Fsp3) is 0.0500. The van der Waals surface area contributed by atoms with Crippen LogP contribution in [0.1, 0.15) is 0 Å². The first-order valence-corrected chi connectivity index (χ1v) is 11.2. The van der Waals surface area contributed by atoms with Crippen molar-refractivity contribution in [3.05, 3.63) is 83.6 Å². The fourth-order valence-corrected chi connectivity index (χ4v) is 4.51. The molecule has 0 unspecified atom stereocenters. The Balaban J connectivity index is 1.71. The number of halogens is 2. The van der Waals surface area contributed by atoms with Crippen LogP contribution in [0.2, 0.25) is 5.02 Å². The maximum atomic E-state index is 13.1. The predicted molar refractivity (Wildman–Crippen MR) is 114 cm³/mol. The molecule has 1 amide bonds. The van der Waals surface area contributed by atoms with Gasteiger partial charge in [-0.1, -0.05) is 35.9 Å². The number of hydrogen-bond donors (Lipinski definition) is 2. The van der Waals surface area contributed by atoms with Crippen LogP contribution in [-0.2, 0) is 14.8 Å². The first kappa shape index (κ1) is 21.2. The Bertz CT molecular complexity index is 1120. The summed E-state index contributed by atoms with van der Waals surface area (Å²) in [5.41, 5.74) is 0.510. The minimum atomic E-state index is -3.94. The molecule has 0 atom stereocenters. The maximum Gasteiger partial charge on any atom is 0.261 e. The molecule has 3 aromatic rings. The standard InChI is InChI=1S/C20H16ClFN2O3S2/c21-16-5-1-4-8-19(16)28-13-20(25)23-17-6-2-3-7-18(17)24-29(26,27)15-11-9-14(22)10-12-15/h1-12,24H,13H2,(H,23,25). The smallest absolute Gasteiger partial charge is 0.261 e. The van der Waals surface area contributed by atoms with Gasteiger partial charge in [-0.15, -0.1) is 11.8 Å². The Morgan fingerprint density at radius 3 is 2.24 bits per heavy atom. The minimum absolute atomic E-state index is 0.0886. The van der Waals surface area contributed by atoms with Crippen LogP contribution in [0.25, 0.3) is 0 Å². The summed E-state index contributed by atoms with van der Waals surface area (Å²) in [6.45, 7) is 0. The zero-order valence-corrected chi connectivity index (χ0v) is 17.3. The summed E-state index contributed by atoms with van der Waals surface area (Å²) >= 11 is 7.35. The lowest BCUT2D eigenvalue weighted by molar-refractivity contribution is -0.113. The lowest BCUT2D eigenvalue weighted by Gasteiger charge is -2.13. The van der Waals surface area contributed by atoms with Crippen molar-refractivity contribution in [2.75, 3.05) is 15.8 Å². The molecule has 5 nitrogen and oxygen atoms in total. The molecule has 0 bridgehead atoms. The second kappa shape index (κ2) is 9.30. The first-order chi connectivity index (χ1) is 13.8. The molecule has 0 aliphatic heterocycles. The lowest BCUT2D eigenvalue weighted by Crippen LogP contribution is -2.18. The normalized spacial score (nSPS) is 11.1. The molecular weight excluding hydrogens is 435 g/mol. The number of sulfonamides is 1. The maximum absolute atomic E-state index is 13.1. The van der Waals surface area contributed by atoms with Crippen molar-refractivity contribution < 1.29 is 17.6 Å². The van der Waals surface area contributed by atoms with Crippen molar-refractivity contribution in [1.29, 1.82) is 0 Å². The van der Waals surface area contributed by atoms with Crippen molar-refractivity contribution >= 4 is 50.7 Å². The predicted octanol–water partition coefficient (Wildman–Crippen LogP) is 5.01. The third-order valence-corrected chi connectivity index (χ3v) is 6.66. The molecule has 0 aliphatic carbocycles. The number of rotatable bonds is 7. The highest BCUT2D eigenvalue weighted by atomic mass is 35.5. The molecule has 0 aliphatic rings. The van der Waals surface area contributed by atoms with E-state index in [9.17, 15) is 17.6 Å².